The average molecular weight is 333 g/mol. The summed E-state index contributed by atoms with van der Waals surface area (Å²) in [6.45, 7) is 1.22. The molecule has 1 saturated heterocycles. The molecule has 3 nitrogen and oxygen atoms in total. The van der Waals surface area contributed by atoms with Crippen LogP contribution in [0.2, 0.25) is 0 Å². The predicted molar refractivity (Wildman–Crippen MR) is 87.6 cm³/mol. The first kappa shape index (κ1) is 17.0. The molecule has 0 amide bonds. The summed E-state index contributed by atoms with van der Waals surface area (Å²) in [6.07, 6.45) is 1.00. The average Bonchev–Trinajstić information content (AvgIpc) is 2.58. The number of hydrogen-bond acceptors (Lipinski definition) is 3. The molecule has 0 spiro atoms. The standard InChI is InChI=1S/C19H21F2NO2/c20-16-7-3-1-5-14(16)18(15-6-2-4-8-17(15)21)22-13-19(23)9-11-24-12-10-19/h1-8,18,22-23H,9-13H2. The lowest BCUT2D eigenvalue weighted by Gasteiger charge is -2.34. The van der Waals surface area contributed by atoms with Crippen LogP contribution in [-0.4, -0.2) is 30.5 Å². The first-order valence-corrected chi connectivity index (χ1v) is 8.11. The Labute approximate surface area is 140 Å². The molecule has 1 aliphatic heterocycles. The molecule has 0 aliphatic carbocycles. The van der Waals surface area contributed by atoms with Crippen LogP contribution in [0.3, 0.4) is 0 Å². The van der Waals surface area contributed by atoms with Crippen molar-refractivity contribution in [2.24, 2.45) is 0 Å². The summed E-state index contributed by atoms with van der Waals surface area (Å²) in [4.78, 5) is 0. The summed E-state index contributed by atoms with van der Waals surface area (Å²) in [6, 6.07) is 11.9. The van der Waals surface area contributed by atoms with Gasteiger partial charge in [-0.3, -0.25) is 0 Å². The van der Waals surface area contributed by atoms with E-state index in [9.17, 15) is 13.9 Å². The molecular formula is C19H21F2NO2. The molecule has 1 heterocycles. The Balaban J connectivity index is 1.88. The van der Waals surface area contributed by atoms with E-state index in [4.69, 9.17) is 4.74 Å². The van der Waals surface area contributed by atoms with Crippen molar-refractivity contribution in [2.45, 2.75) is 24.5 Å². The summed E-state index contributed by atoms with van der Waals surface area (Å²) >= 11 is 0. The number of rotatable bonds is 5. The van der Waals surface area contributed by atoms with E-state index in [0.717, 1.165) is 0 Å². The summed E-state index contributed by atoms with van der Waals surface area (Å²) in [5.41, 5.74) is -0.205. The van der Waals surface area contributed by atoms with Crippen molar-refractivity contribution in [3.05, 3.63) is 71.3 Å². The summed E-state index contributed by atoms with van der Waals surface area (Å²) in [7, 11) is 0. The number of hydrogen-bond donors (Lipinski definition) is 2. The second kappa shape index (κ2) is 7.38. The molecule has 24 heavy (non-hydrogen) atoms. The maximum absolute atomic E-state index is 14.3. The van der Waals surface area contributed by atoms with Gasteiger partial charge >= 0.3 is 0 Å². The lowest BCUT2D eigenvalue weighted by atomic mass is 9.92. The maximum Gasteiger partial charge on any atom is 0.128 e. The van der Waals surface area contributed by atoms with Gasteiger partial charge in [-0.05, 0) is 12.1 Å². The molecule has 2 aromatic carbocycles. The molecule has 1 aliphatic rings. The van der Waals surface area contributed by atoms with E-state index in [2.05, 4.69) is 5.32 Å². The zero-order chi connectivity index (χ0) is 17.0. The Morgan fingerprint density at radius 2 is 1.46 bits per heavy atom. The van der Waals surface area contributed by atoms with Gasteiger partial charge in [-0.15, -0.1) is 0 Å². The van der Waals surface area contributed by atoms with Gasteiger partial charge in [-0.1, -0.05) is 36.4 Å². The maximum atomic E-state index is 14.3. The summed E-state index contributed by atoms with van der Waals surface area (Å²) in [5, 5.41) is 13.8. The van der Waals surface area contributed by atoms with Crippen molar-refractivity contribution < 1.29 is 18.6 Å². The van der Waals surface area contributed by atoms with Gasteiger partial charge in [0.25, 0.3) is 0 Å². The summed E-state index contributed by atoms with van der Waals surface area (Å²) < 4.78 is 33.8. The Bertz CT molecular complexity index is 641. The Morgan fingerprint density at radius 1 is 0.958 bits per heavy atom. The van der Waals surface area contributed by atoms with Gasteiger partial charge in [0.2, 0.25) is 0 Å². The van der Waals surface area contributed by atoms with Crippen molar-refractivity contribution >= 4 is 0 Å². The molecular weight excluding hydrogens is 312 g/mol. The van der Waals surface area contributed by atoms with Crippen LogP contribution in [0, 0.1) is 11.6 Å². The molecule has 0 radical (unpaired) electrons. The highest BCUT2D eigenvalue weighted by Crippen LogP contribution is 2.28. The van der Waals surface area contributed by atoms with Crippen molar-refractivity contribution in [3.63, 3.8) is 0 Å². The Kier molecular flexibility index (Phi) is 5.23. The van der Waals surface area contributed by atoms with Crippen LogP contribution in [0.15, 0.2) is 48.5 Å². The molecule has 0 atom stereocenters. The molecule has 0 bridgehead atoms. The summed E-state index contributed by atoms with van der Waals surface area (Å²) in [5.74, 6) is -0.811. The third-order valence-electron chi connectivity index (χ3n) is 4.49. The third-order valence-corrected chi connectivity index (χ3v) is 4.49. The zero-order valence-corrected chi connectivity index (χ0v) is 13.3. The van der Waals surface area contributed by atoms with Gasteiger partial charge in [0.15, 0.2) is 0 Å². The molecule has 2 N–H and O–H groups in total. The quantitative estimate of drug-likeness (QED) is 0.883. The Hall–Kier alpha value is -1.82. The van der Waals surface area contributed by atoms with Gasteiger partial charge in [-0.2, -0.15) is 0 Å². The molecule has 128 valence electrons. The van der Waals surface area contributed by atoms with E-state index in [0.29, 0.717) is 37.2 Å². The number of ether oxygens (including phenoxy) is 1. The molecule has 1 fully saturated rings. The fourth-order valence-corrected chi connectivity index (χ4v) is 3.03. The van der Waals surface area contributed by atoms with Crippen LogP contribution >= 0.6 is 0 Å². The minimum atomic E-state index is -0.924. The smallest absolute Gasteiger partial charge is 0.128 e. The van der Waals surface area contributed by atoms with Crippen molar-refractivity contribution in [1.29, 1.82) is 0 Å². The molecule has 2 aromatic rings. The number of halogens is 2. The molecule has 5 heteroatoms. The Morgan fingerprint density at radius 3 is 1.96 bits per heavy atom. The third kappa shape index (κ3) is 3.80. The topological polar surface area (TPSA) is 41.5 Å². The molecule has 3 rings (SSSR count). The second-order valence-electron chi connectivity index (χ2n) is 6.19. The molecule has 0 unspecified atom stereocenters. The monoisotopic (exact) mass is 333 g/mol. The van der Waals surface area contributed by atoms with E-state index in [1.165, 1.54) is 12.1 Å². The largest absolute Gasteiger partial charge is 0.388 e. The normalized spacial score (nSPS) is 17.2. The number of benzene rings is 2. The van der Waals surface area contributed by atoms with E-state index in [1.807, 2.05) is 0 Å². The van der Waals surface area contributed by atoms with Crippen LogP contribution in [-0.2, 0) is 4.74 Å². The van der Waals surface area contributed by atoms with Crippen molar-refractivity contribution in [2.75, 3.05) is 19.8 Å². The van der Waals surface area contributed by atoms with Crippen LogP contribution < -0.4 is 5.32 Å². The van der Waals surface area contributed by atoms with Gasteiger partial charge in [0, 0.05) is 43.7 Å². The minimum Gasteiger partial charge on any atom is -0.388 e. The lowest BCUT2D eigenvalue weighted by molar-refractivity contribution is -0.0624. The van der Waals surface area contributed by atoms with Crippen LogP contribution in [0.5, 0.6) is 0 Å². The number of nitrogens with one attached hydrogen (secondary N) is 1. The SMILES string of the molecule is OC1(CNC(c2ccccc2F)c2ccccc2F)CCOCC1. The van der Waals surface area contributed by atoms with Crippen molar-refractivity contribution in [3.8, 4) is 0 Å². The van der Waals surface area contributed by atoms with Gasteiger partial charge in [0.05, 0.1) is 11.6 Å². The highest BCUT2D eigenvalue weighted by atomic mass is 19.1. The van der Waals surface area contributed by atoms with Gasteiger partial charge in [-0.25, -0.2) is 8.78 Å². The highest BCUT2D eigenvalue weighted by molar-refractivity contribution is 5.33. The lowest BCUT2D eigenvalue weighted by Crippen LogP contribution is -2.46. The van der Waals surface area contributed by atoms with Crippen LogP contribution in [0.25, 0.3) is 0 Å². The van der Waals surface area contributed by atoms with E-state index < -0.39 is 23.3 Å². The first-order chi connectivity index (χ1) is 11.6. The molecule has 0 aromatic heterocycles. The fourth-order valence-electron chi connectivity index (χ4n) is 3.03. The van der Waals surface area contributed by atoms with Gasteiger partial charge < -0.3 is 15.2 Å². The zero-order valence-electron chi connectivity index (χ0n) is 13.3. The van der Waals surface area contributed by atoms with E-state index >= 15 is 0 Å². The fraction of sp³-hybridized carbons (Fsp3) is 0.368. The predicted octanol–water partition coefficient (Wildman–Crippen LogP) is 3.19. The highest BCUT2D eigenvalue weighted by Gasteiger charge is 2.31. The van der Waals surface area contributed by atoms with Gasteiger partial charge in [0.1, 0.15) is 11.6 Å². The van der Waals surface area contributed by atoms with Crippen LogP contribution in [0.1, 0.15) is 30.0 Å². The van der Waals surface area contributed by atoms with E-state index in [1.54, 1.807) is 36.4 Å². The van der Waals surface area contributed by atoms with Crippen molar-refractivity contribution in [1.82, 2.24) is 5.32 Å². The van der Waals surface area contributed by atoms with E-state index in [-0.39, 0.29) is 6.54 Å². The second-order valence-corrected chi connectivity index (χ2v) is 6.19. The number of aliphatic hydroxyl groups is 1. The first-order valence-electron chi connectivity index (χ1n) is 8.11. The van der Waals surface area contributed by atoms with Crippen LogP contribution in [0.4, 0.5) is 8.78 Å². The minimum absolute atomic E-state index is 0.240. The molecule has 0 saturated carbocycles.